The minimum absolute atomic E-state index is 0.202. The third-order valence-electron chi connectivity index (χ3n) is 2.52. The Morgan fingerprint density at radius 2 is 1.69 bits per heavy atom. The molecule has 0 saturated carbocycles. The third-order valence-corrected chi connectivity index (χ3v) is 2.52. The molecule has 2 aromatic rings. The predicted molar refractivity (Wildman–Crippen MR) is 64.4 cm³/mol. The van der Waals surface area contributed by atoms with Gasteiger partial charge in [0.2, 0.25) is 0 Å². The lowest BCUT2D eigenvalue weighted by Gasteiger charge is -2.01. The lowest BCUT2D eigenvalue weighted by atomic mass is 10.0. The zero-order chi connectivity index (χ0) is 11.2. The normalized spacial score (nSPS) is 10.0. The minimum Gasteiger partial charge on any atom is -0.294 e. The standard InChI is InChI=1S/C15H13O/c16-15(14-9-5-2-6-10-14)12-11-13-7-3-1-4-8-13/h2-10H,11-12H2. The Balaban J connectivity index is 1.95. The summed E-state index contributed by atoms with van der Waals surface area (Å²) in [7, 11) is 0. The van der Waals surface area contributed by atoms with E-state index < -0.39 is 0 Å². The molecule has 16 heavy (non-hydrogen) atoms. The smallest absolute Gasteiger partial charge is 0.163 e. The molecule has 0 bridgehead atoms. The Kier molecular flexibility index (Phi) is 3.50. The van der Waals surface area contributed by atoms with Crippen LogP contribution in [0.15, 0.2) is 54.6 Å². The first-order valence-corrected chi connectivity index (χ1v) is 5.39. The average Bonchev–Trinajstić information content (AvgIpc) is 2.38. The molecular weight excluding hydrogens is 196 g/mol. The zero-order valence-corrected chi connectivity index (χ0v) is 9.02. The molecule has 1 radical (unpaired) electrons. The molecular formula is C15H13O. The van der Waals surface area contributed by atoms with Gasteiger partial charge in [-0.15, -0.1) is 0 Å². The van der Waals surface area contributed by atoms with Crippen molar-refractivity contribution in [1.82, 2.24) is 0 Å². The molecule has 0 saturated heterocycles. The maximum absolute atomic E-state index is 11.8. The van der Waals surface area contributed by atoms with E-state index in [0.717, 1.165) is 12.0 Å². The van der Waals surface area contributed by atoms with Crippen LogP contribution in [0.4, 0.5) is 0 Å². The maximum Gasteiger partial charge on any atom is 0.163 e. The Labute approximate surface area is 95.7 Å². The summed E-state index contributed by atoms with van der Waals surface area (Å²) in [5.41, 5.74) is 1.98. The summed E-state index contributed by atoms with van der Waals surface area (Å²) in [6.45, 7) is 0. The molecule has 1 heteroatoms. The van der Waals surface area contributed by atoms with E-state index in [4.69, 9.17) is 0 Å². The largest absolute Gasteiger partial charge is 0.294 e. The second-order valence-corrected chi connectivity index (χ2v) is 3.70. The summed E-state index contributed by atoms with van der Waals surface area (Å²) in [6.07, 6.45) is 1.36. The molecule has 0 aliphatic carbocycles. The van der Waals surface area contributed by atoms with Gasteiger partial charge in [0.1, 0.15) is 0 Å². The van der Waals surface area contributed by atoms with Crippen LogP contribution in [0.2, 0.25) is 0 Å². The summed E-state index contributed by atoms with van der Waals surface area (Å²) in [5, 5.41) is 0. The number of carbonyl (C=O) groups is 1. The second kappa shape index (κ2) is 5.26. The molecule has 0 atom stereocenters. The number of hydrogen-bond acceptors (Lipinski definition) is 1. The molecule has 0 spiro atoms. The minimum atomic E-state index is 0.202. The molecule has 0 heterocycles. The van der Waals surface area contributed by atoms with Gasteiger partial charge in [0, 0.05) is 12.0 Å². The summed E-state index contributed by atoms with van der Waals surface area (Å²) in [5.74, 6) is 0.202. The van der Waals surface area contributed by atoms with Crippen molar-refractivity contribution in [3.63, 3.8) is 0 Å². The van der Waals surface area contributed by atoms with Crippen molar-refractivity contribution in [2.24, 2.45) is 0 Å². The van der Waals surface area contributed by atoms with Crippen molar-refractivity contribution in [2.45, 2.75) is 12.8 Å². The highest BCUT2D eigenvalue weighted by Gasteiger charge is 2.04. The zero-order valence-electron chi connectivity index (χ0n) is 9.02. The number of aryl methyl sites for hydroxylation is 1. The Morgan fingerprint density at radius 1 is 1.00 bits per heavy atom. The molecule has 0 fully saturated rings. The van der Waals surface area contributed by atoms with Crippen molar-refractivity contribution in [3.05, 3.63) is 71.8 Å². The van der Waals surface area contributed by atoms with E-state index in [-0.39, 0.29) is 5.78 Å². The van der Waals surface area contributed by atoms with Gasteiger partial charge in [-0.3, -0.25) is 4.79 Å². The summed E-state index contributed by atoms with van der Waals surface area (Å²) in [4.78, 5) is 11.8. The fourth-order valence-corrected chi connectivity index (χ4v) is 1.61. The first-order chi connectivity index (χ1) is 7.86. The topological polar surface area (TPSA) is 17.1 Å². The van der Waals surface area contributed by atoms with Crippen molar-refractivity contribution in [2.75, 3.05) is 0 Å². The van der Waals surface area contributed by atoms with Crippen molar-refractivity contribution in [1.29, 1.82) is 0 Å². The molecule has 2 rings (SSSR count). The van der Waals surface area contributed by atoms with E-state index in [1.165, 1.54) is 5.56 Å². The van der Waals surface area contributed by atoms with E-state index in [1.54, 1.807) is 0 Å². The number of carbonyl (C=O) groups excluding carboxylic acids is 1. The van der Waals surface area contributed by atoms with Gasteiger partial charge < -0.3 is 0 Å². The number of benzene rings is 2. The molecule has 1 nitrogen and oxygen atoms in total. The fourth-order valence-electron chi connectivity index (χ4n) is 1.61. The van der Waals surface area contributed by atoms with Crippen LogP contribution in [-0.4, -0.2) is 5.78 Å². The first-order valence-electron chi connectivity index (χ1n) is 5.39. The van der Waals surface area contributed by atoms with Crippen LogP contribution in [0.3, 0.4) is 0 Å². The van der Waals surface area contributed by atoms with E-state index in [2.05, 4.69) is 6.07 Å². The van der Waals surface area contributed by atoms with Gasteiger partial charge >= 0.3 is 0 Å². The monoisotopic (exact) mass is 209 g/mol. The van der Waals surface area contributed by atoms with Crippen molar-refractivity contribution >= 4 is 5.78 Å². The lowest BCUT2D eigenvalue weighted by Crippen LogP contribution is -2.00. The van der Waals surface area contributed by atoms with Crippen molar-refractivity contribution < 1.29 is 4.79 Å². The van der Waals surface area contributed by atoms with Gasteiger partial charge in [0.15, 0.2) is 5.78 Å². The number of rotatable bonds is 4. The summed E-state index contributed by atoms with van der Waals surface area (Å²) in [6, 6.07) is 20.2. The van der Waals surface area contributed by atoms with Gasteiger partial charge in [-0.2, -0.15) is 0 Å². The molecule has 0 amide bonds. The average molecular weight is 209 g/mol. The number of ketones is 1. The van der Waals surface area contributed by atoms with Crippen LogP contribution < -0.4 is 0 Å². The van der Waals surface area contributed by atoms with Crippen LogP contribution in [0.1, 0.15) is 22.3 Å². The molecule has 2 aromatic carbocycles. The van der Waals surface area contributed by atoms with Gasteiger partial charge in [-0.25, -0.2) is 0 Å². The lowest BCUT2D eigenvalue weighted by molar-refractivity contribution is 0.0983. The van der Waals surface area contributed by atoms with Crippen LogP contribution in [-0.2, 0) is 6.42 Å². The molecule has 0 aromatic heterocycles. The predicted octanol–water partition coefficient (Wildman–Crippen LogP) is 3.30. The highest BCUT2D eigenvalue weighted by Crippen LogP contribution is 2.07. The fraction of sp³-hybridized carbons (Fsp3) is 0.133. The quantitative estimate of drug-likeness (QED) is 0.706. The van der Waals surface area contributed by atoms with Gasteiger partial charge in [-0.1, -0.05) is 54.6 Å². The number of hydrogen-bond donors (Lipinski definition) is 0. The SMILES string of the molecule is O=C(CCc1cc[c]cc1)c1ccccc1. The third kappa shape index (κ3) is 2.80. The molecule has 0 aliphatic heterocycles. The van der Waals surface area contributed by atoms with Crippen molar-refractivity contribution in [3.8, 4) is 0 Å². The van der Waals surface area contributed by atoms with Crippen LogP contribution >= 0.6 is 0 Å². The molecule has 0 N–H and O–H groups in total. The maximum atomic E-state index is 11.8. The first kappa shape index (κ1) is 10.6. The van der Waals surface area contributed by atoms with E-state index in [1.807, 2.05) is 54.6 Å². The van der Waals surface area contributed by atoms with Crippen LogP contribution in [0, 0.1) is 6.07 Å². The van der Waals surface area contributed by atoms with Crippen LogP contribution in [0.25, 0.3) is 0 Å². The van der Waals surface area contributed by atoms with E-state index in [0.29, 0.717) is 6.42 Å². The molecule has 0 aliphatic rings. The summed E-state index contributed by atoms with van der Waals surface area (Å²) < 4.78 is 0. The Hall–Kier alpha value is -1.89. The van der Waals surface area contributed by atoms with Gasteiger partial charge in [0.05, 0.1) is 0 Å². The van der Waals surface area contributed by atoms with Crippen LogP contribution in [0.5, 0.6) is 0 Å². The highest BCUT2D eigenvalue weighted by atomic mass is 16.1. The van der Waals surface area contributed by atoms with E-state index >= 15 is 0 Å². The molecule has 0 unspecified atom stereocenters. The van der Waals surface area contributed by atoms with Gasteiger partial charge in [-0.05, 0) is 18.1 Å². The van der Waals surface area contributed by atoms with Gasteiger partial charge in [0.25, 0.3) is 0 Å². The molecule has 79 valence electrons. The number of Topliss-reactive ketones (excluding diaryl/α,β-unsaturated/α-hetero) is 1. The Morgan fingerprint density at radius 3 is 2.38 bits per heavy atom. The second-order valence-electron chi connectivity index (χ2n) is 3.70. The Bertz CT molecular complexity index is 445. The highest BCUT2D eigenvalue weighted by molar-refractivity contribution is 5.96. The van der Waals surface area contributed by atoms with E-state index in [9.17, 15) is 4.79 Å². The summed E-state index contributed by atoms with van der Waals surface area (Å²) >= 11 is 0.